The molecule has 0 saturated heterocycles. The van der Waals surface area contributed by atoms with Crippen LogP contribution < -0.4 is 0 Å². The maximum Gasteiger partial charge on any atom is 0.410 e. The first-order valence-corrected chi connectivity index (χ1v) is 16.6. The molecule has 0 spiro atoms. The largest absolute Gasteiger partial charge is 0.444 e. The number of nitrogens with zero attached hydrogens (tertiary/aromatic N) is 1. The van der Waals surface area contributed by atoms with Crippen molar-refractivity contribution in [3.05, 3.63) is 0 Å². The first kappa shape index (κ1) is 43.9. The molecule has 0 saturated carbocycles. The predicted octanol–water partition coefficient (Wildman–Crippen LogP) is 3.60. The highest BCUT2D eigenvalue weighted by Gasteiger charge is 2.19. The Labute approximate surface area is 272 Å². The third-order valence-corrected chi connectivity index (χ3v) is 5.77. The van der Waals surface area contributed by atoms with Crippen molar-refractivity contribution in [2.24, 2.45) is 0 Å². The third kappa shape index (κ3) is 37.2. The average molecular weight is 656 g/mol. The van der Waals surface area contributed by atoms with E-state index in [1.54, 1.807) is 7.05 Å². The van der Waals surface area contributed by atoms with E-state index in [-0.39, 0.29) is 6.09 Å². The monoisotopic (exact) mass is 655 g/mol. The Morgan fingerprint density at radius 1 is 0.444 bits per heavy atom. The molecule has 0 rings (SSSR count). The minimum atomic E-state index is -0.507. The van der Waals surface area contributed by atoms with E-state index in [9.17, 15) is 4.79 Å². The number of carbonyl (C=O) groups excluding carboxylic acids is 1. The number of unbranched alkanes of at least 4 members (excludes halogenated alkanes) is 3. The quantitative estimate of drug-likeness (QED) is 0.0928. The van der Waals surface area contributed by atoms with Gasteiger partial charge in [-0.3, -0.25) is 0 Å². The molecule has 0 aromatic heterocycles. The third-order valence-electron chi connectivity index (χ3n) is 5.77. The van der Waals surface area contributed by atoms with Crippen LogP contribution >= 0.6 is 0 Å². The molecule has 0 heterocycles. The Hall–Kier alpha value is -1.13. The highest BCUT2D eigenvalue weighted by atomic mass is 16.6. The number of rotatable bonds is 35. The molecule has 0 aromatic rings. The average Bonchev–Trinajstić information content (AvgIpc) is 3.00. The Bertz CT molecular complexity index is 609. The topological polar surface area (TPSA) is 122 Å². The van der Waals surface area contributed by atoms with Crippen molar-refractivity contribution < 1.29 is 56.9 Å². The van der Waals surface area contributed by atoms with E-state index in [1.165, 1.54) is 24.2 Å². The number of likely N-dealkylation sites (N-methyl/N-ethyl adjacent to an activating group) is 1. The molecule has 0 aliphatic carbocycles. The Balaban J connectivity index is 3.14. The number of hydrogen-bond donors (Lipinski definition) is 0. The standard InChI is InChI=1S/C32H65NO12/c1-6-7-8-9-11-35-13-15-37-17-19-39-21-23-41-25-27-43-29-30-44-28-26-42-24-22-40-20-18-38-16-14-36-12-10-33(5)31(34)45-32(2,3)4/h6-30H2,1-5H3. The highest BCUT2D eigenvalue weighted by Crippen LogP contribution is 2.08. The Morgan fingerprint density at radius 2 is 0.733 bits per heavy atom. The lowest BCUT2D eigenvalue weighted by atomic mass is 10.2. The Kier molecular flexibility index (Phi) is 33.4. The first-order valence-electron chi connectivity index (χ1n) is 16.6. The molecule has 13 heteroatoms. The van der Waals surface area contributed by atoms with Crippen LogP contribution in [0.15, 0.2) is 0 Å². The number of amides is 1. The molecule has 0 aliphatic heterocycles. The van der Waals surface area contributed by atoms with Crippen molar-refractivity contribution in [3.63, 3.8) is 0 Å². The molecule has 0 aromatic carbocycles. The molecular formula is C32H65NO12. The lowest BCUT2D eigenvalue weighted by Crippen LogP contribution is -2.36. The van der Waals surface area contributed by atoms with Gasteiger partial charge in [-0.25, -0.2) is 4.79 Å². The second-order valence-electron chi connectivity index (χ2n) is 11.1. The summed E-state index contributed by atoms with van der Waals surface area (Å²) < 4.78 is 60.1. The van der Waals surface area contributed by atoms with Crippen molar-refractivity contribution >= 4 is 6.09 Å². The van der Waals surface area contributed by atoms with Crippen LogP contribution in [0.3, 0.4) is 0 Å². The van der Waals surface area contributed by atoms with Crippen LogP contribution in [0.25, 0.3) is 0 Å². The smallest absolute Gasteiger partial charge is 0.410 e. The molecule has 0 bridgehead atoms. The molecule has 0 N–H and O–H groups in total. The summed E-state index contributed by atoms with van der Waals surface area (Å²) in [5, 5.41) is 0. The zero-order chi connectivity index (χ0) is 33.1. The molecule has 0 atom stereocenters. The fourth-order valence-electron chi connectivity index (χ4n) is 3.34. The normalized spacial score (nSPS) is 11.8. The molecule has 0 aliphatic rings. The zero-order valence-electron chi connectivity index (χ0n) is 29.0. The van der Waals surface area contributed by atoms with Crippen molar-refractivity contribution in [2.45, 2.75) is 59.0 Å². The van der Waals surface area contributed by atoms with E-state index in [1.807, 2.05) is 20.8 Å². The van der Waals surface area contributed by atoms with Gasteiger partial charge in [-0.15, -0.1) is 0 Å². The minimum Gasteiger partial charge on any atom is -0.444 e. The van der Waals surface area contributed by atoms with Gasteiger partial charge in [0, 0.05) is 20.2 Å². The van der Waals surface area contributed by atoms with Gasteiger partial charge in [0.1, 0.15) is 5.60 Å². The Morgan fingerprint density at radius 3 is 1.02 bits per heavy atom. The van der Waals surface area contributed by atoms with Crippen molar-refractivity contribution in [1.82, 2.24) is 4.90 Å². The minimum absolute atomic E-state index is 0.361. The van der Waals surface area contributed by atoms with Gasteiger partial charge < -0.3 is 57.0 Å². The lowest BCUT2D eigenvalue weighted by molar-refractivity contribution is -0.0267. The molecule has 1 amide bonds. The van der Waals surface area contributed by atoms with Gasteiger partial charge in [0.05, 0.1) is 126 Å². The second-order valence-corrected chi connectivity index (χ2v) is 11.1. The van der Waals surface area contributed by atoms with Gasteiger partial charge in [-0.1, -0.05) is 26.2 Å². The fourth-order valence-corrected chi connectivity index (χ4v) is 3.34. The summed E-state index contributed by atoms with van der Waals surface area (Å²) in [6.07, 6.45) is 4.52. The predicted molar refractivity (Wildman–Crippen MR) is 171 cm³/mol. The fraction of sp³-hybridized carbons (Fsp3) is 0.969. The number of carbonyl (C=O) groups is 1. The zero-order valence-corrected chi connectivity index (χ0v) is 29.0. The molecular weight excluding hydrogens is 590 g/mol. The first-order chi connectivity index (χ1) is 21.9. The van der Waals surface area contributed by atoms with E-state index < -0.39 is 5.60 Å². The molecule has 270 valence electrons. The molecule has 45 heavy (non-hydrogen) atoms. The summed E-state index contributed by atoms with van der Waals surface area (Å²) in [6, 6.07) is 0. The summed E-state index contributed by atoms with van der Waals surface area (Å²) in [5.41, 5.74) is -0.507. The van der Waals surface area contributed by atoms with Crippen LogP contribution in [0.5, 0.6) is 0 Å². The van der Waals surface area contributed by atoms with Gasteiger partial charge >= 0.3 is 6.09 Å². The van der Waals surface area contributed by atoms with E-state index in [0.29, 0.717) is 132 Å². The van der Waals surface area contributed by atoms with E-state index in [0.717, 1.165) is 13.0 Å². The van der Waals surface area contributed by atoms with Crippen LogP contribution in [-0.2, 0) is 52.1 Å². The summed E-state index contributed by atoms with van der Waals surface area (Å²) in [6.45, 7) is 18.8. The van der Waals surface area contributed by atoms with Gasteiger partial charge in [-0.05, 0) is 27.2 Å². The highest BCUT2D eigenvalue weighted by molar-refractivity contribution is 5.67. The molecule has 0 unspecified atom stereocenters. The van der Waals surface area contributed by atoms with Crippen molar-refractivity contribution in [2.75, 3.05) is 146 Å². The van der Waals surface area contributed by atoms with Gasteiger partial charge in [0.15, 0.2) is 0 Å². The number of ether oxygens (including phenoxy) is 11. The van der Waals surface area contributed by atoms with E-state index in [2.05, 4.69) is 6.92 Å². The summed E-state index contributed by atoms with van der Waals surface area (Å²) in [7, 11) is 1.68. The van der Waals surface area contributed by atoms with Crippen molar-refractivity contribution in [1.29, 1.82) is 0 Å². The summed E-state index contributed by atoms with van der Waals surface area (Å²) in [4.78, 5) is 13.3. The van der Waals surface area contributed by atoms with Crippen LogP contribution in [-0.4, -0.2) is 162 Å². The second kappa shape index (κ2) is 34.2. The lowest BCUT2D eigenvalue weighted by Gasteiger charge is -2.24. The maximum atomic E-state index is 11.8. The van der Waals surface area contributed by atoms with Crippen LogP contribution in [0, 0.1) is 0 Å². The van der Waals surface area contributed by atoms with Gasteiger partial charge in [-0.2, -0.15) is 0 Å². The van der Waals surface area contributed by atoms with Crippen LogP contribution in [0.4, 0.5) is 4.79 Å². The van der Waals surface area contributed by atoms with Gasteiger partial charge in [0.25, 0.3) is 0 Å². The summed E-state index contributed by atoms with van der Waals surface area (Å²) >= 11 is 0. The summed E-state index contributed by atoms with van der Waals surface area (Å²) in [5.74, 6) is 0. The molecule has 0 fully saturated rings. The SMILES string of the molecule is CCCCCCOCCOCCOCCOCCOCCOCCOCCOCCOCCOCCN(C)C(=O)OC(C)(C)C. The van der Waals surface area contributed by atoms with E-state index in [4.69, 9.17) is 52.1 Å². The van der Waals surface area contributed by atoms with Crippen molar-refractivity contribution in [3.8, 4) is 0 Å². The number of hydrogen-bond acceptors (Lipinski definition) is 12. The van der Waals surface area contributed by atoms with Gasteiger partial charge in [0.2, 0.25) is 0 Å². The van der Waals surface area contributed by atoms with Crippen LogP contribution in [0.1, 0.15) is 53.4 Å². The van der Waals surface area contributed by atoms with Crippen LogP contribution in [0.2, 0.25) is 0 Å². The van der Waals surface area contributed by atoms with E-state index >= 15 is 0 Å². The molecule has 0 radical (unpaired) electrons. The molecule has 13 nitrogen and oxygen atoms in total. The maximum absolute atomic E-state index is 11.8.